The van der Waals surface area contributed by atoms with Gasteiger partial charge in [0.1, 0.15) is 5.60 Å². The van der Waals surface area contributed by atoms with Crippen molar-refractivity contribution in [3.63, 3.8) is 0 Å². The van der Waals surface area contributed by atoms with Gasteiger partial charge in [0.25, 0.3) is 0 Å². The Labute approximate surface area is 83.9 Å². The van der Waals surface area contributed by atoms with Gasteiger partial charge in [-0.05, 0) is 20.0 Å². The molecule has 1 N–H and O–H groups in total. The van der Waals surface area contributed by atoms with Gasteiger partial charge in [-0.3, -0.25) is 14.5 Å². The van der Waals surface area contributed by atoms with Gasteiger partial charge in [-0.25, -0.2) is 0 Å². The van der Waals surface area contributed by atoms with E-state index in [0.717, 1.165) is 13.1 Å². The maximum atomic E-state index is 11.5. The van der Waals surface area contributed by atoms with E-state index in [-0.39, 0.29) is 6.42 Å². The zero-order valence-corrected chi connectivity index (χ0v) is 8.91. The molecule has 0 aromatic heterocycles. The molecule has 1 rings (SSSR count). The van der Waals surface area contributed by atoms with Crippen molar-refractivity contribution < 1.29 is 14.7 Å². The summed E-state index contributed by atoms with van der Waals surface area (Å²) < 4.78 is 0. The molecule has 0 bridgehead atoms. The van der Waals surface area contributed by atoms with Crippen LogP contribution in [0.25, 0.3) is 0 Å². The smallest absolute Gasteiger partial charge is 0.231 e. The van der Waals surface area contributed by atoms with Gasteiger partial charge in [0.15, 0.2) is 0 Å². The second kappa shape index (κ2) is 3.79. The Morgan fingerprint density at radius 2 is 1.93 bits per heavy atom. The Morgan fingerprint density at radius 3 is 2.21 bits per heavy atom. The van der Waals surface area contributed by atoms with Crippen LogP contribution in [0.5, 0.6) is 0 Å². The fourth-order valence-corrected chi connectivity index (χ4v) is 1.94. The number of aliphatic hydroxyl groups is 1. The Morgan fingerprint density at radius 1 is 1.43 bits per heavy atom. The largest absolute Gasteiger partial charge is 0.382 e. The van der Waals surface area contributed by atoms with Gasteiger partial charge in [-0.15, -0.1) is 0 Å². The molecular weight excluding hydrogens is 182 g/mol. The first kappa shape index (κ1) is 11.3. The van der Waals surface area contributed by atoms with E-state index in [4.69, 9.17) is 0 Å². The average molecular weight is 199 g/mol. The van der Waals surface area contributed by atoms with Crippen molar-refractivity contribution in [2.24, 2.45) is 0 Å². The van der Waals surface area contributed by atoms with Crippen LogP contribution in [-0.4, -0.2) is 46.3 Å². The van der Waals surface area contributed by atoms with Crippen molar-refractivity contribution >= 4 is 11.6 Å². The summed E-state index contributed by atoms with van der Waals surface area (Å²) in [5.41, 5.74) is -1.45. The minimum atomic E-state index is -1.45. The predicted octanol–water partition coefficient (Wildman–Crippen LogP) is -0.0103. The monoisotopic (exact) mass is 199 g/mol. The second-order valence-electron chi connectivity index (χ2n) is 3.91. The maximum Gasteiger partial charge on any atom is 0.231 e. The molecule has 0 aromatic carbocycles. The van der Waals surface area contributed by atoms with Crippen LogP contribution in [-0.2, 0) is 9.59 Å². The summed E-state index contributed by atoms with van der Waals surface area (Å²) in [6.07, 6.45) is 0.229. The zero-order chi connectivity index (χ0) is 10.9. The molecule has 0 spiro atoms. The molecule has 0 radical (unpaired) electrons. The molecule has 4 nitrogen and oxygen atoms in total. The fraction of sp³-hybridized carbons (Fsp3) is 0.800. The summed E-state index contributed by atoms with van der Waals surface area (Å²) in [6.45, 7) is 6.73. The van der Waals surface area contributed by atoms with Crippen molar-refractivity contribution in [3.05, 3.63) is 0 Å². The third-order valence-electron chi connectivity index (χ3n) is 2.86. The summed E-state index contributed by atoms with van der Waals surface area (Å²) in [5.74, 6) is -1.09. The summed E-state index contributed by atoms with van der Waals surface area (Å²) in [7, 11) is 0. The quantitative estimate of drug-likeness (QED) is 0.649. The van der Waals surface area contributed by atoms with Crippen LogP contribution in [0.1, 0.15) is 27.2 Å². The average Bonchev–Trinajstić information content (AvgIpc) is 2.33. The van der Waals surface area contributed by atoms with Crippen molar-refractivity contribution in [1.29, 1.82) is 0 Å². The summed E-state index contributed by atoms with van der Waals surface area (Å²) in [5, 5.41) is 9.65. The van der Waals surface area contributed by atoms with Crippen molar-refractivity contribution in [3.8, 4) is 0 Å². The molecule has 0 saturated heterocycles. The van der Waals surface area contributed by atoms with Crippen LogP contribution in [0.3, 0.4) is 0 Å². The molecule has 4 heteroatoms. The van der Waals surface area contributed by atoms with E-state index < -0.39 is 23.2 Å². The normalized spacial score (nSPS) is 33.1. The lowest BCUT2D eigenvalue weighted by Crippen LogP contribution is -2.39. The van der Waals surface area contributed by atoms with Crippen LogP contribution in [0, 0.1) is 0 Å². The van der Waals surface area contributed by atoms with Crippen molar-refractivity contribution in [2.45, 2.75) is 38.8 Å². The third kappa shape index (κ3) is 1.72. The molecule has 0 heterocycles. The Bertz CT molecular complexity index is 256. The Hall–Kier alpha value is -0.740. The van der Waals surface area contributed by atoms with Crippen LogP contribution in [0.15, 0.2) is 0 Å². The lowest BCUT2D eigenvalue weighted by molar-refractivity contribution is -0.142. The Kier molecular flexibility index (Phi) is 3.07. The highest BCUT2D eigenvalue weighted by molar-refractivity contribution is 6.44. The number of hydrogen-bond donors (Lipinski definition) is 1. The number of Topliss-reactive ketones (excluding diaryl/α,β-unsaturated/α-hetero) is 2. The zero-order valence-electron chi connectivity index (χ0n) is 8.91. The van der Waals surface area contributed by atoms with E-state index in [2.05, 4.69) is 0 Å². The highest BCUT2D eigenvalue weighted by Crippen LogP contribution is 2.26. The minimum absolute atomic E-state index is 0.229. The topological polar surface area (TPSA) is 57.6 Å². The van der Waals surface area contributed by atoms with E-state index >= 15 is 0 Å². The van der Waals surface area contributed by atoms with Gasteiger partial charge >= 0.3 is 0 Å². The number of carbonyl (C=O) groups excluding carboxylic acids is 2. The van der Waals surface area contributed by atoms with Crippen LogP contribution in [0.4, 0.5) is 0 Å². The molecule has 14 heavy (non-hydrogen) atoms. The lowest BCUT2D eigenvalue weighted by atomic mass is 10.0. The molecule has 80 valence electrons. The first-order valence-electron chi connectivity index (χ1n) is 4.99. The number of carbonyl (C=O) groups is 2. The first-order chi connectivity index (χ1) is 6.44. The van der Waals surface area contributed by atoms with E-state index in [1.807, 2.05) is 18.7 Å². The summed E-state index contributed by atoms with van der Waals surface area (Å²) in [6, 6.07) is -0.424. The van der Waals surface area contributed by atoms with E-state index in [1.165, 1.54) is 6.92 Å². The van der Waals surface area contributed by atoms with Gasteiger partial charge in [0, 0.05) is 6.42 Å². The van der Waals surface area contributed by atoms with Crippen LogP contribution in [0.2, 0.25) is 0 Å². The number of rotatable bonds is 3. The molecule has 1 fully saturated rings. The second-order valence-corrected chi connectivity index (χ2v) is 3.91. The van der Waals surface area contributed by atoms with Gasteiger partial charge < -0.3 is 5.11 Å². The maximum absolute atomic E-state index is 11.5. The number of ketones is 2. The number of nitrogens with zero attached hydrogens (tertiary/aromatic N) is 1. The lowest BCUT2D eigenvalue weighted by Gasteiger charge is -2.24. The molecule has 0 aliphatic heterocycles. The Balaban J connectivity index is 2.85. The molecule has 1 saturated carbocycles. The van der Waals surface area contributed by atoms with Gasteiger partial charge in [-0.1, -0.05) is 13.8 Å². The van der Waals surface area contributed by atoms with Crippen molar-refractivity contribution in [2.75, 3.05) is 13.1 Å². The van der Waals surface area contributed by atoms with Gasteiger partial charge in [0.05, 0.1) is 6.04 Å². The fourth-order valence-electron chi connectivity index (χ4n) is 1.94. The predicted molar refractivity (Wildman–Crippen MR) is 52.0 cm³/mol. The molecule has 1 aliphatic carbocycles. The highest BCUT2D eigenvalue weighted by atomic mass is 16.3. The van der Waals surface area contributed by atoms with Gasteiger partial charge in [-0.2, -0.15) is 0 Å². The number of hydrogen-bond acceptors (Lipinski definition) is 4. The molecule has 2 unspecified atom stereocenters. The van der Waals surface area contributed by atoms with Crippen LogP contribution < -0.4 is 0 Å². The standard InChI is InChI=1S/C10H17NO3/c1-4-11(5-2)7-6-10(3,14)9(13)8(7)12/h7,14H,4-6H2,1-3H3. The first-order valence-corrected chi connectivity index (χ1v) is 4.99. The molecule has 0 aromatic rings. The SMILES string of the molecule is CCN(CC)C1CC(C)(O)C(=O)C1=O. The summed E-state index contributed by atoms with van der Waals surface area (Å²) in [4.78, 5) is 24.8. The van der Waals surface area contributed by atoms with Gasteiger partial charge in [0.2, 0.25) is 11.6 Å². The summed E-state index contributed by atoms with van der Waals surface area (Å²) >= 11 is 0. The number of likely N-dealkylation sites (N-methyl/N-ethyl adjacent to an activating group) is 1. The molecular formula is C10H17NO3. The minimum Gasteiger partial charge on any atom is -0.382 e. The van der Waals surface area contributed by atoms with E-state index in [1.54, 1.807) is 0 Å². The third-order valence-corrected chi connectivity index (χ3v) is 2.86. The molecule has 2 atom stereocenters. The van der Waals surface area contributed by atoms with E-state index in [0.29, 0.717) is 0 Å². The molecule has 0 amide bonds. The van der Waals surface area contributed by atoms with E-state index in [9.17, 15) is 14.7 Å². The van der Waals surface area contributed by atoms with Crippen LogP contribution >= 0.6 is 0 Å². The highest BCUT2D eigenvalue weighted by Gasteiger charge is 2.50. The molecule has 1 aliphatic rings. The van der Waals surface area contributed by atoms with Crippen molar-refractivity contribution in [1.82, 2.24) is 4.90 Å².